The van der Waals surface area contributed by atoms with E-state index >= 15 is 0 Å². The van der Waals surface area contributed by atoms with Crippen LogP contribution in [0.2, 0.25) is 0 Å². The van der Waals surface area contributed by atoms with Gasteiger partial charge in [-0.25, -0.2) is 0 Å². The van der Waals surface area contributed by atoms with Crippen LogP contribution in [0.15, 0.2) is 127 Å². The van der Waals surface area contributed by atoms with Gasteiger partial charge in [0.15, 0.2) is 0 Å². The number of rotatable bonds is 2. The molecule has 44 heavy (non-hydrogen) atoms. The average molecular weight is 579 g/mol. The highest BCUT2D eigenvalue weighted by Crippen LogP contribution is 2.52. The van der Waals surface area contributed by atoms with Crippen LogP contribution < -0.4 is 4.74 Å². The van der Waals surface area contributed by atoms with E-state index in [4.69, 9.17) is 4.74 Å². The molecule has 0 atom stereocenters. The Morgan fingerprint density at radius 1 is 0.523 bits per heavy atom. The molecule has 2 heterocycles. The van der Waals surface area contributed by atoms with Crippen LogP contribution >= 0.6 is 11.3 Å². The fourth-order valence-corrected chi connectivity index (χ4v) is 8.68. The molecule has 1 aliphatic carbocycles. The SMILES string of the molecule is C1=Cc2cccc(-c3ccc4c(c3)sc3cc5c(cc34)Oc3cccc4c(-c6cccc7ccccc67)ccc-5c34)c2CC1. The molecule has 1 nitrogen and oxygen atoms in total. The number of hydrogen-bond donors (Lipinski definition) is 0. The molecule has 1 aromatic heterocycles. The van der Waals surface area contributed by atoms with Crippen LogP contribution in [-0.2, 0) is 6.42 Å². The zero-order valence-electron chi connectivity index (χ0n) is 23.9. The minimum atomic E-state index is 0.927. The first kappa shape index (κ1) is 24.3. The van der Waals surface area contributed by atoms with E-state index in [0.717, 1.165) is 24.3 Å². The number of fused-ring (bicyclic) bond motifs is 7. The first-order chi connectivity index (χ1) is 21.8. The van der Waals surface area contributed by atoms with Crippen LogP contribution in [0.1, 0.15) is 17.5 Å². The van der Waals surface area contributed by atoms with Crippen molar-refractivity contribution in [1.29, 1.82) is 0 Å². The Labute approximate surface area is 259 Å². The van der Waals surface area contributed by atoms with Gasteiger partial charge in [0.1, 0.15) is 11.5 Å². The van der Waals surface area contributed by atoms with E-state index in [9.17, 15) is 0 Å². The smallest absolute Gasteiger partial charge is 0.136 e. The minimum Gasteiger partial charge on any atom is -0.456 e. The first-order valence-corrected chi connectivity index (χ1v) is 16.1. The third kappa shape index (κ3) is 3.46. The number of allylic oxidation sites excluding steroid dienone is 1. The Bertz CT molecular complexity index is 2520. The second-order valence-electron chi connectivity index (χ2n) is 11.9. The third-order valence-corrected chi connectivity index (χ3v) is 10.7. The van der Waals surface area contributed by atoms with Crippen molar-refractivity contribution >= 4 is 59.1 Å². The molecule has 0 N–H and O–H groups in total. The van der Waals surface area contributed by atoms with E-state index in [1.807, 2.05) is 11.3 Å². The summed E-state index contributed by atoms with van der Waals surface area (Å²) in [4.78, 5) is 0. The van der Waals surface area contributed by atoms with Crippen molar-refractivity contribution in [1.82, 2.24) is 0 Å². The van der Waals surface area contributed by atoms with Gasteiger partial charge in [-0.05, 0) is 92.2 Å². The van der Waals surface area contributed by atoms with Gasteiger partial charge in [0.05, 0.1) is 0 Å². The summed E-state index contributed by atoms with van der Waals surface area (Å²) in [6.07, 6.45) is 6.77. The molecule has 0 radical (unpaired) electrons. The number of hydrogen-bond acceptors (Lipinski definition) is 2. The zero-order valence-corrected chi connectivity index (χ0v) is 24.7. The lowest BCUT2D eigenvalue weighted by molar-refractivity contribution is 0.488. The maximum Gasteiger partial charge on any atom is 0.136 e. The number of ether oxygens (including phenoxy) is 1. The van der Waals surface area contributed by atoms with Crippen molar-refractivity contribution in [2.45, 2.75) is 12.8 Å². The second kappa shape index (κ2) is 9.16. The molecule has 8 aromatic rings. The van der Waals surface area contributed by atoms with Gasteiger partial charge in [-0.3, -0.25) is 0 Å². The molecule has 0 saturated heterocycles. The van der Waals surface area contributed by atoms with Crippen molar-refractivity contribution < 1.29 is 4.74 Å². The molecule has 10 rings (SSSR count). The van der Waals surface area contributed by atoms with Gasteiger partial charge in [0.25, 0.3) is 0 Å². The maximum absolute atomic E-state index is 6.71. The van der Waals surface area contributed by atoms with Crippen molar-refractivity contribution in [2.75, 3.05) is 0 Å². The molecule has 0 fully saturated rings. The largest absolute Gasteiger partial charge is 0.456 e. The fraction of sp³-hybridized carbons (Fsp3) is 0.0476. The van der Waals surface area contributed by atoms with Crippen LogP contribution in [0.5, 0.6) is 11.5 Å². The summed E-state index contributed by atoms with van der Waals surface area (Å²) in [5, 5.41) is 7.50. The minimum absolute atomic E-state index is 0.927. The van der Waals surface area contributed by atoms with Crippen molar-refractivity contribution in [2.24, 2.45) is 0 Å². The molecule has 2 heteroatoms. The van der Waals surface area contributed by atoms with Gasteiger partial charge in [0.2, 0.25) is 0 Å². The first-order valence-electron chi connectivity index (χ1n) is 15.3. The summed E-state index contributed by atoms with van der Waals surface area (Å²) >= 11 is 1.88. The van der Waals surface area contributed by atoms with Gasteiger partial charge in [-0.2, -0.15) is 0 Å². The quantitative estimate of drug-likeness (QED) is 0.198. The van der Waals surface area contributed by atoms with Crippen LogP contribution in [0.4, 0.5) is 0 Å². The molecule has 0 saturated carbocycles. The fourth-order valence-electron chi connectivity index (χ4n) is 7.51. The summed E-state index contributed by atoms with van der Waals surface area (Å²) in [6, 6.07) is 44.6. The van der Waals surface area contributed by atoms with Crippen LogP contribution in [0.3, 0.4) is 0 Å². The zero-order chi connectivity index (χ0) is 28.8. The van der Waals surface area contributed by atoms with Crippen molar-refractivity contribution in [3.05, 3.63) is 139 Å². The van der Waals surface area contributed by atoms with E-state index in [1.165, 1.54) is 86.2 Å². The summed E-state index contributed by atoms with van der Waals surface area (Å²) in [5.41, 5.74) is 10.4. The maximum atomic E-state index is 6.71. The molecule has 7 aromatic carbocycles. The monoisotopic (exact) mass is 578 g/mol. The Morgan fingerprint density at radius 3 is 2.32 bits per heavy atom. The molecule has 0 unspecified atom stereocenters. The number of benzene rings is 7. The van der Waals surface area contributed by atoms with Gasteiger partial charge in [0, 0.05) is 31.1 Å². The molecule has 2 aliphatic rings. The highest BCUT2D eigenvalue weighted by atomic mass is 32.1. The lowest BCUT2D eigenvalue weighted by Crippen LogP contribution is -1.98. The molecule has 206 valence electrons. The normalized spacial score (nSPS) is 13.4. The van der Waals surface area contributed by atoms with Gasteiger partial charge in [-0.1, -0.05) is 109 Å². The summed E-state index contributed by atoms with van der Waals surface area (Å²) < 4.78 is 9.32. The topological polar surface area (TPSA) is 9.23 Å². The van der Waals surface area contributed by atoms with Gasteiger partial charge >= 0.3 is 0 Å². The van der Waals surface area contributed by atoms with Crippen LogP contribution in [0, 0.1) is 0 Å². The summed E-state index contributed by atoms with van der Waals surface area (Å²) in [6.45, 7) is 0. The van der Waals surface area contributed by atoms with E-state index in [1.54, 1.807) is 0 Å². The Hall–Kier alpha value is -5.18. The molecule has 0 amide bonds. The van der Waals surface area contributed by atoms with Gasteiger partial charge in [-0.15, -0.1) is 11.3 Å². The van der Waals surface area contributed by atoms with Crippen LogP contribution in [-0.4, -0.2) is 0 Å². The standard InChI is InChI=1S/C42H26OS/c1-3-12-28-25(8-1)10-5-14-30(28)27-18-19-33-37-23-39-36(24-41(37)44-40(33)22-27)35-21-20-32(34-16-7-17-38(43-39)42(34)35)31-15-6-11-26-9-2-4-13-29(26)31/h1-2,4-11,13-24H,3,12H2. The number of thiophene rings is 1. The Kier molecular flexibility index (Phi) is 5.05. The molecular weight excluding hydrogens is 553 g/mol. The molecule has 0 bridgehead atoms. The Morgan fingerprint density at radius 2 is 1.32 bits per heavy atom. The molecule has 0 spiro atoms. The van der Waals surface area contributed by atoms with E-state index in [2.05, 4.69) is 133 Å². The van der Waals surface area contributed by atoms with Crippen molar-refractivity contribution in [3.8, 4) is 44.9 Å². The average Bonchev–Trinajstić information content (AvgIpc) is 3.44. The third-order valence-electron chi connectivity index (χ3n) is 9.55. The lowest BCUT2D eigenvalue weighted by Gasteiger charge is -2.23. The lowest BCUT2D eigenvalue weighted by atomic mass is 9.88. The summed E-state index contributed by atoms with van der Waals surface area (Å²) in [7, 11) is 0. The van der Waals surface area contributed by atoms with E-state index in [-0.39, 0.29) is 0 Å². The highest BCUT2D eigenvalue weighted by Gasteiger charge is 2.24. The van der Waals surface area contributed by atoms with E-state index in [0.29, 0.717) is 0 Å². The van der Waals surface area contributed by atoms with E-state index < -0.39 is 0 Å². The Balaban J connectivity index is 1.15. The highest BCUT2D eigenvalue weighted by molar-refractivity contribution is 7.25. The predicted molar refractivity (Wildman–Crippen MR) is 188 cm³/mol. The summed E-state index contributed by atoms with van der Waals surface area (Å²) in [5.74, 6) is 1.86. The van der Waals surface area contributed by atoms with Gasteiger partial charge < -0.3 is 4.74 Å². The molecular formula is C42H26OS. The molecule has 1 aliphatic heterocycles. The van der Waals surface area contributed by atoms with Crippen LogP contribution in [0.25, 0.3) is 81.2 Å². The predicted octanol–water partition coefficient (Wildman–Crippen LogP) is 12.4. The van der Waals surface area contributed by atoms with Crippen molar-refractivity contribution in [3.63, 3.8) is 0 Å². The second-order valence-corrected chi connectivity index (χ2v) is 13.0.